The molecule has 1 aromatic heterocycles. The minimum atomic E-state index is -0.608. The van der Waals surface area contributed by atoms with Gasteiger partial charge in [-0.3, -0.25) is 9.48 Å². The van der Waals surface area contributed by atoms with Gasteiger partial charge in [-0.1, -0.05) is 6.92 Å². The highest BCUT2D eigenvalue weighted by molar-refractivity contribution is 5.75. The van der Waals surface area contributed by atoms with Gasteiger partial charge in [-0.05, 0) is 18.9 Å². The molecule has 0 aliphatic heterocycles. The van der Waals surface area contributed by atoms with Crippen molar-refractivity contribution >= 4 is 5.97 Å². The molecule has 5 heteroatoms. The quantitative estimate of drug-likeness (QED) is 0.747. The van der Waals surface area contributed by atoms with Crippen LogP contribution in [0.1, 0.15) is 24.6 Å². The summed E-state index contributed by atoms with van der Waals surface area (Å²) < 4.78 is 6.52. The van der Waals surface area contributed by atoms with E-state index < -0.39 is 6.04 Å². The third kappa shape index (κ3) is 2.82. The Bertz CT molecular complexity index is 360. The Kier molecular flexibility index (Phi) is 4.49. The number of nitrogens with zero attached hydrogens (tertiary/aromatic N) is 2. The molecule has 0 amide bonds. The van der Waals surface area contributed by atoms with Gasteiger partial charge in [0, 0.05) is 18.7 Å². The maximum Gasteiger partial charge on any atom is 0.322 e. The number of nitrogens with two attached hydrogens (primary N) is 1. The number of hydrogen-bond acceptors (Lipinski definition) is 4. The predicted molar refractivity (Wildman–Crippen MR) is 61.0 cm³/mol. The number of hydrogen-bond donors (Lipinski definition) is 1. The van der Waals surface area contributed by atoms with Crippen LogP contribution in [0.5, 0.6) is 0 Å². The number of rotatable bonds is 5. The lowest BCUT2D eigenvalue weighted by Crippen LogP contribution is -2.33. The van der Waals surface area contributed by atoms with Crippen LogP contribution in [0, 0.1) is 6.92 Å². The first kappa shape index (κ1) is 12.7. The van der Waals surface area contributed by atoms with Crippen molar-refractivity contribution in [2.75, 3.05) is 7.11 Å². The van der Waals surface area contributed by atoms with Gasteiger partial charge < -0.3 is 10.5 Å². The van der Waals surface area contributed by atoms with Gasteiger partial charge in [0.05, 0.1) is 13.3 Å². The van der Waals surface area contributed by atoms with Crippen molar-refractivity contribution in [2.45, 2.75) is 39.3 Å². The summed E-state index contributed by atoms with van der Waals surface area (Å²) in [6.07, 6.45) is 3.28. The van der Waals surface area contributed by atoms with Crippen LogP contribution in [-0.4, -0.2) is 28.9 Å². The third-order valence-electron chi connectivity index (χ3n) is 2.58. The molecule has 0 aromatic carbocycles. The molecule has 1 atom stereocenters. The summed E-state index contributed by atoms with van der Waals surface area (Å²) in [7, 11) is 1.34. The van der Waals surface area contributed by atoms with E-state index in [0.717, 1.165) is 24.2 Å². The first-order valence-corrected chi connectivity index (χ1v) is 5.44. The van der Waals surface area contributed by atoms with Crippen molar-refractivity contribution in [3.63, 3.8) is 0 Å². The Morgan fingerprint density at radius 3 is 2.94 bits per heavy atom. The summed E-state index contributed by atoms with van der Waals surface area (Å²) >= 11 is 0. The van der Waals surface area contributed by atoms with E-state index in [1.807, 2.05) is 11.6 Å². The molecule has 0 aliphatic carbocycles. The van der Waals surface area contributed by atoms with Crippen molar-refractivity contribution in [1.29, 1.82) is 0 Å². The van der Waals surface area contributed by atoms with Crippen LogP contribution in [0.3, 0.4) is 0 Å². The number of esters is 1. The van der Waals surface area contributed by atoms with Crippen LogP contribution in [0.2, 0.25) is 0 Å². The Morgan fingerprint density at radius 1 is 1.69 bits per heavy atom. The number of aromatic nitrogens is 2. The smallest absolute Gasteiger partial charge is 0.322 e. The van der Waals surface area contributed by atoms with Gasteiger partial charge in [-0.25, -0.2) is 0 Å². The molecule has 0 fully saturated rings. The summed E-state index contributed by atoms with van der Waals surface area (Å²) in [6, 6.07) is -0.608. The van der Waals surface area contributed by atoms with Gasteiger partial charge >= 0.3 is 5.97 Å². The highest BCUT2D eigenvalue weighted by atomic mass is 16.5. The minimum Gasteiger partial charge on any atom is -0.468 e. The van der Waals surface area contributed by atoms with E-state index in [4.69, 9.17) is 5.73 Å². The van der Waals surface area contributed by atoms with Crippen molar-refractivity contribution < 1.29 is 9.53 Å². The third-order valence-corrected chi connectivity index (χ3v) is 2.58. The molecule has 0 saturated heterocycles. The van der Waals surface area contributed by atoms with Crippen LogP contribution in [0.15, 0.2) is 6.20 Å². The summed E-state index contributed by atoms with van der Waals surface area (Å²) in [5.74, 6) is -0.386. The van der Waals surface area contributed by atoms with E-state index in [2.05, 4.69) is 16.8 Å². The highest BCUT2D eigenvalue weighted by Gasteiger charge is 2.17. The molecule has 1 heterocycles. The summed E-state index contributed by atoms with van der Waals surface area (Å²) in [5, 5.41) is 4.25. The monoisotopic (exact) mass is 225 g/mol. The fraction of sp³-hybridized carbons (Fsp3) is 0.636. The first-order valence-electron chi connectivity index (χ1n) is 5.44. The van der Waals surface area contributed by atoms with E-state index in [1.165, 1.54) is 7.11 Å². The van der Waals surface area contributed by atoms with Crippen LogP contribution in [0.4, 0.5) is 0 Å². The zero-order valence-corrected chi connectivity index (χ0v) is 10.1. The van der Waals surface area contributed by atoms with Crippen LogP contribution in [-0.2, 0) is 22.5 Å². The second-order valence-corrected chi connectivity index (χ2v) is 3.81. The summed E-state index contributed by atoms with van der Waals surface area (Å²) in [4.78, 5) is 11.2. The number of aryl methyl sites for hydroxylation is 1. The molecule has 1 aromatic rings. The van der Waals surface area contributed by atoms with Crippen molar-refractivity contribution in [2.24, 2.45) is 5.73 Å². The van der Waals surface area contributed by atoms with Crippen LogP contribution in [0.25, 0.3) is 0 Å². The lowest BCUT2D eigenvalue weighted by atomic mass is 10.1. The molecule has 16 heavy (non-hydrogen) atoms. The Balaban J connectivity index is 2.70. The van der Waals surface area contributed by atoms with Crippen LogP contribution >= 0.6 is 0 Å². The lowest BCUT2D eigenvalue weighted by Gasteiger charge is -2.09. The summed E-state index contributed by atoms with van der Waals surface area (Å²) in [6.45, 7) is 4.97. The van der Waals surface area contributed by atoms with E-state index in [9.17, 15) is 4.79 Å². The normalized spacial score (nSPS) is 12.5. The predicted octanol–water partition coefficient (Wildman–Crippen LogP) is 0.644. The van der Waals surface area contributed by atoms with E-state index in [1.54, 1.807) is 6.20 Å². The zero-order chi connectivity index (χ0) is 12.1. The molecule has 90 valence electrons. The number of carbonyl (C=O) groups excluding carboxylic acids is 1. The van der Waals surface area contributed by atoms with E-state index in [0.29, 0.717) is 6.42 Å². The molecule has 0 aliphatic rings. The highest BCUT2D eigenvalue weighted by Crippen LogP contribution is 2.10. The van der Waals surface area contributed by atoms with Gasteiger partial charge in [0.25, 0.3) is 0 Å². The van der Waals surface area contributed by atoms with Gasteiger partial charge in [0.2, 0.25) is 0 Å². The zero-order valence-electron chi connectivity index (χ0n) is 10.1. The minimum absolute atomic E-state index is 0.386. The van der Waals surface area contributed by atoms with Gasteiger partial charge in [-0.2, -0.15) is 5.10 Å². The molecule has 1 rings (SSSR count). The molecule has 0 radical (unpaired) electrons. The molecule has 1 unspecified atom stereocenters. The summed E-state index contributed by atoms with van der Waals surface area (Å²) in [5.41, 5.74) is 7.78. The molecule has 5 nitrogen and oxygen atoms in total. The number of carbonyl (C=O) groups is 1. The fourth-order valence-electron chi connectivity index (χ4n) is 1.59. The molecule has 0 spiro atoms. The average Bonchev–Trinajstić information content (AvgIpc) is 2.61. The number of methoxy groups -OCH3 is 1. The molecular formula is C11H19N3O2. The molecular weight excluding hydrogens is 206 g/mol. The van der Waals surface area contributed by atoms with Crippen molar-refractivity contribution in [3.05, 3.63) is 17.5 Å². The fourth-order valence-corrected chi connectivity index (χ4v) is 1.59. The average molecular weight is 225 g/mol. The van der Waals surface area contributed by atoms with Gasteiger partial charge in [0.15, 0.2) is 0 Å². The second-order valence-electron chi connectivity index (χ2n) is 3.81. The van der Waals surface area contributed by atoms with Gasteiger partial charge in [0.1, 0.15) is 6.04 Å². The van der Waals surface area contributed by atoms with Crippen molar-refractivity contribution in [1.82, 2.24) is 9.78 Å². The Labute approximate surface area is 95.6 Å². The standard InChI is InChI=1S/C11H19N3O2/c1-4-5-14-8(2)9(7-13-14)6-10(12)11(15)16-3/h7,10H,4-6,12H2,1-3H3. The maximum absolute atomic E-state index is 11.2. The lowest BCUT2D eigenvalue weighted by molar-refractivity contribution is -0.142. The molecule has 0 bridgehead atoms. The van der Waals surface area contributed by atoms with Gasteiger partial charge in [-0.15, -0.1) is 0 Å². The Hall–Kier alpha value is -1.36. The van der Waals surface area contributed by atoms with E-state index in [-0.39, 0.29) is 5.97 Å². The van der Waals surface area contributed by atoms with Crippen LogP contribution < -0.4 is 5.73 Å². The molecule has 0 saturated carbocycles. The van der Waals surface area contributed by atoms with Crippen molar-refractivity contribution in [3.8, 4) is 0 Å². The topological polar surface area (TPSA) is 70.1 Å². The second kappa shape index (κ2) is 5.65. The molecule has 2 N–H and O–H groups in total. The largest absolute Gasteiger partial charge is 0.468 e. The Morgan fingerprint density at radius 2 is 2.38 bits per heavy atom. The first-order chi connectivity index (χ1) is 7.60. The number of ether oxygens (including phenoxy) is 1. The van der Waals surface area contributed by atoms with E-state index >= 15 is 0 Å². The maximum atomic E-state index is 11.2. The SMILES string of the molecule is CCCn1ncc(CC(N)C(=O)OC)c1C.